The second-order valence-electron chi connectivity index (χ2n) is 6.03. The normalized spacial score (nSPS) is 22.1. The molecule has 6 nitrogen and oxygen atoms in total. The van der Waals surface area contributed by atoms with Crippen molar-refractivity contribution >= 4 is 29.9 Å². The van der Waals surface area contributed by atoms with E-state index in [1.54, 1.807) is 0 Å². The van der Waals surface area contributed by atoms with Crippen LogP contribution in [0.3, 0.4) is 0 Å². The summed E-state index contributed by atoms with van der Waals surface area (Å²) in [6, 6.07) is 0.535. The minimum Gasteiger partial charge on any atom is -0.357 e. The predicted molar refractivity (Wildman–Crippen MR) is 101 cm³/mol. The largest absolute Gasteiger partial charge is 0.357 e. The number of hydrogen-bond donors (Lipinski definition) is 2. The number of halogens is 1. The summed E-state index contributed by atoms with van der Waals surface area (Å²) in [6.07, 6.45) is 5.12. The van der Waals surface area contributed by atoms with E-state index in [-0.39, 0.29) is 24.0 Å². The molecule has 1 heterocycles. The number of rotatable bonds is 4. The fourth-order valence-corrected chi connectivity index (χ4v) is 2.82. The Labute approximate surface area is 150 Å². The highest BCUT2D eigenvalue weighted by atomic mass is 127. The smallest absolute Gasteiger partial charge is 0.191 e. The van der Waals surface area contributed by atoms with Crippen molar-refractivity contribution in [1.82, 2.24) is 25.4 Å². The summed E-state index contributed by atoms with van der Waals surface area (Å²) in [6.45, 7) is 7.79. The van der Waals surface area contributed by atoms with E-state index >= 15 is 0 Å². The first kappa shape index (κ1) is 19.2. The van der Waals surface area contributed by atoms with Crippen LogP contribution in [0.15, 0.2) is 4.99 Å². The molecule has 7 heteroatoms. The molecule has 1 aliphatic carbocycles. The quantitative estimate of drug-likeness (QED) is 0.446. The van der Waals surface area contributed by atoms with Crippen molar-refractivity contribution in [3.8, 4) is 0 Å². The van der Waals surface area contributed by atoms with Gasteiger partial charge in [-0.05, 0) is 32.6 Å². The van der Waals surface area contributed by atoms with Gasteiger partial charge in [-0.2, -0.15) is 0 Å². The lowest BCUT2D eigenvalue weighted by molar-refractivity contribution is 0.324. The molecule has 22 heavy (non-hydrogen) atoms. The first-order chi connectivity index (χ1) is 10.1. The van der Waals surface area contributed by atoms with Gasteiger partial charge >= 0.3 is 0 Å². The Hall–Kier alpha value is -0.860. The Kier molecular flexibility index (Phi) is 8.13. The molecule has 2 N–H and O–H groups in total. The fraction of sp³-hybridized carbons (Fsp3) is 0.800. The SMILES string of the molecule is CCNC(=NCc1nnc(C)n1C)NC1CCCC(C)C1.I. The van der Waals surface area contributed by atoms with Gasteiger partial charge < -0.3 is 15.2 Å². The molecule has 1 fully saturated rings. The van der Waals surface area contributed by atoms with Crippen LogP contribution in [0.1, 0.15) is 51.2 Å². The van der Waals surface area contributed by atoms with E-state index in [1.165, 1.54) is 25.7 Å². The summed E-state index contributed by atoms with van der Waals surface area (Å²) in [5.41, 5.74) is 0. The van der Waals surface area contributed by atoms with Crippen LogP contribution in [-0.2, 0) is 13.6 Å². The topological polar surface area (TPSA) is 67.1 Å². The third kappa shape index (κ3) is 5.40. The van der Waals surface area contributed by atoms with Gasteiger partial charge in [0.25, 0.3) is 0 Å². The highest BCUT2D eigenvalue weighted by molar-refractivity contribution is 14.0. The highest BCUT2D eigenvalue weighted by Crippen LogP contribution is 2.23. The maximum absolute atomic E-state index is 4.65. The van der Waals surface area contributed by atoms with E-state index in [0.29, 0.717) is 12.6 Å². The summed E-state index contributed by atoms with van der Waals surface area (Å²) >= 11 is 0. The second kappa shape index (κ2) is 9.32. The molecule has 1 aromatic heterocycles. The van der Waals surface area contributed by atoms with Crippen molar-refractivity contribution in [1.29, 1.82) is 0 Å². The molecule has 0 aromatic carbocycles. The van der Waals surface area contributed by atoms with Gasteiger partial charge in [0, 0.05) is 19.6 Å². The average Bonchev–Trinajstić information content (AvgIpc) is 2.77. The van der Waals surface area contributed by atoms with E-state index in [4.69, 9.17) is 0 Å². The molecule has 0 amide bonds. The van der Waals surface area contributed by atoms with E-state index in [2.05, 4.69) is 39.7 Å². The molecule has 0 spiro atoms. The molecule has 2 unspecified atom stereocenters. The van der Waals surface area contributed by atoms with Gasteiger partial charge in [-0.15, -0.1) is 34.2 Å². The van der Waals surface area contributed by atoms with Crippen molar-refractivity contribution in [2.45, 2.75) is 59.0 Å². The van der Waals surface area contributed by atoms with E-state index < -0.39 is 0 Å². The van der Waals surface area contributed by atoms with Gasteiger partial charge in [-0.3, -0.25) is 0 Å². The lowest BCUT2D eigenvalue weighted by Crippen LogP contribution is -2.45. The van der Waals surface area contributed by atoms with Gasteiger partial charge in [0.15, 0.2) is 11.8 Å². The summed E-state index contributed by atoms with van der Waals surface area (Å²) < 4.78 is 1.98. The number of aliphatic imine (C=N–C) groups is 1. The van der Waals surface area contributed by atoms with Crippen LogP contribution in [0.4, 0.5) is 0 Å². The second-order valence-corrected chi connectivity index (χ2v) is 6.03. The number of aryl methyl sites for hydroxylation is 1. The molecule has 0 aliphatic heterocycles. The monoisotopic (exact) mass is 420 g/mol. The number of nitrogens with one attached hydrogen (secondary N) is 2. The Balaban J connectivity index is 0.00000242. The van der Waals surface area contributed by atoms with Crippen LogP contribution in [0.2, 0.25) is 0 Å². The molecule has 1 aromatic rings. The van der Waals surface area contributed by atoms with Crippen molar-refractivity contribution in [2.75, 3.05) is 6.54 Å². The van der Waals surface area contributed by atoms with Gasteiger partial charge in [0.05, 0.1) is 0 Å². The first-order valence-corrected chi connectivity index (χ1v) is 7.99. The van der Waals surface area contributed by atoms with Crippen LogP contribution in [-0.4, -0.2) is 33.3 Å². The van der Waals surface area contributed by atoms with E-state index in [9.17, 15) is 0 Å². The van der Waals surface area contributed by atoms with Crippen molar-refractivity contribution in [3.05, 3.63) is 11.6 Å². The molecular formula is C15H29IN6. The highest BCUT2D eigenvalue weighted by Gasteiger charge is 2.19. The maximum Gasteiger partial charge on any atom is 0.191 e. The molecule has 0 radical (unpaired) electrons. The molecule has 1 saturated carbocycles. The van der Waals surface area contributed by atoms with Gasteiger partial charge in [-0.1, -0.05) is 19.8 Å². The zero-order chi connectivity index (χ0) is 15.2. The van der Waals surface area contributed by atoms with Crippen molar-refractivity contribution < 1.29 is 0 Å². The Morgan fingerprint density at radius 1 is 1.36 bits per heavy atom. The summed E-state index contributed by atoms with van der Waals surface area (Å²) in [5.74, 6) is 3.50. The Morgan fingerprint density at radius 3 is 2.73 bits per heavy atom. The Bertz CT molecular complexity index is 484. The van der Waals surface area contributed by atoms with Crippen LogP contribution in [0.5, 0.6) is 0 Å². The number of guanidine groups is 1. The van der Waals surface area contributed by atoms with E-state index in [1.807, 2.05) is 18.5 Å². The zero-order valence-electron chi connectivity index (χ0n) is 14.1. The molecule has 0 saturated heterocycles. The number of aromatic nitrogens is 3. The molecule has 2 atom stereocenters. The number of nitrogens with zero attached hydrogens (tertiary/aromatic N) is 4. The minimum absolute atomic E-state index is 0. The van der Waals surface area contributed by atoms with Crippen LogP contribution in [0.25, 0.3) is 0 Å². The average molecular weight is 420 g/mol. The van der Waals surface area contributed by atoms with Crippen LogP contribution < -0.4 is 10.6 Å². The Morgan fingerprint density at radius 2 is 2.14 bits per heavy atom. The van der Waals surface area contributed by atoms with Crippen LogP contribution >= 0.6 is 24.0 Å². The van der Waals surface area contributed by atoms with Gasteiger partial charge in [0.2, 0.25) is 0 Å². The lowest BCUT2D eigenvalue weighted by atomic mass is 9.87. The first-order valence-electron chi connectivity index (χ1n) is 7.99. The third-order valence-corrected chi connectivity index (χ3v) is 4.18. The van der Waals surface area contributed by atoms with Crippen molar-refractivity contribution in [2.24, 2.45) is 18.0 Å². The molecular weight excluding hydrogens is 391 g/mol. The number of hydrogen-bond acceptors (Lipinski definition) is 3. The predicted octanol–water partition coefficient (Wildman–Crippen LogP) is 2.38. The maximum atomic E-state index is 4.65. The molecule has 2 rings (SSSR count). The minimum atomic E-state index is 0. The summed E-state index contributed by atoms with van der Waals surface area (Å²) in [7, 11) is 1.98. The molecule has 0 bridgehead atoms. The van der Waals surface area contributed by atoms with Crippen LogP contribution in [0, 0.1) is 12.8 Å². The summed E-state index contributed by atoms with van der Waals surface area (Å²) in [4.78, 5) is 4.65. The van der Waals surface area contributed by atoms with Gasteiger partial charge in [0.1, 0.15) is 12.4 Å². The summed E-state index contributed by atoms with van der Waals surface area (Å²) in [5, 5.41) is 15.1. The standard InChI is InChI=1S/C15H28N6.HI/c1-5-16-15(18-13-8-6-7-11(2)9-13)17-10-14-20-19-12(3)21(14)4;/h11,13H,5-10H2,1-4H3,(H2,16,17,18);1H. The van der Waals surface area contributed by atoms with Crippen molar-refractivity contribution in [3.63, 3.8) is 0 Å². The molecule has 1 aliphatic rings. The molecule has 126 valence electrons. The van der Waals surface area contributed by atoms with E-state index in [0.717, 1.165) is 30.1 Å². The van der Waals surface area contributed by atoms with Gasteiger partial charge in [-0.25, -0.2) is 4.99 Å². The zero-order valence-corrected chi connectivity index (χ0v) is 16.4. The lowest BCUT2D eigenvalue weighted by Gasteiger charge is -2.28. The third-order valence-electron chi connectivity index (χ3n) is 4.18. The fourth-order valence-electron chi connectivity index (χ4n) is 2.82.